The van der Waals surface area contributed by atoms with Crippen LogP contribution in [0.4, 0.5) is 10.8 Å². The molecule has 0 bridgehead atoms. The predicted octanol–water partition coefficient (Wildman–Crippen LogP) is 3.80. The first-order valence-corrected chi connectivity index (χ1v) is 6.89. The minimum atomic E-state index is -0.415. The van der Waals surface area contributed by atoms with Crippen molar-refractivity contribution in [2.45, 2.75) is 19.8 Å². The van der Waals surface area contributed by atoms with Gasteiger partial charge in [-0.3, -0.25) is 0 Å². The van der Waals surface area contributed by atoms with Crippen LogP contribution in [-0.4, -0.2) is 18.1 Å². The van der Waals surface area contributed by atoms with Gasteiger partial charge in [0.15, 0.2) is 10.8 Å². The predicted molar refractivity (Wildman–Crippen MR) is 77.3 cm³/mol. The second kappa shape index (κ2) is 5.84. The van der Waals surface area contributed by atoms with Crippen molar-refractivity contribution in [2.24, 2.45) is 0 Å². The second-order valence-electron chi connectivity index (χ2n) is 4.40. The van der Waals surface area contributed by atoms with Gasteiger partial charge < -0.3 is 10.1 Å². The summed E-state index contributed by atoms with van der Waals surface area (Å²) in [6, 6.07) is 8.08. The number of esters is 1. The van der Waals surface area contributed by atoms with E-state index in [1.54, 1.807) is 5.38 Å². The summed E-state index contributed by atoms with van der Waals surface area (Å²) in [6.07, 6.45) is 0. The van der Waals surface area contributed by atoms with Crippen molar-refractivity contribution >= 4 is 28.1 Å². The number of rotatable bonds is 4. The number of thiazole rings is 1. The van der Waals surface area contributed by atoms with Crippen molar-refractivity contribution in [3.05, 3.63) is 40.9 Å². The Kier molecular flexibility index (Phi) is 4.16. The first kappa shape index (κ1) is 13.5. The molecule has 0 unspecified atom stereocenters. The summed E-state index contributed by atoms with van der Waals surface area (Å²) in [5, 5.41) is 5.63. The molecule has 0 atom stereocenters. The van der Waals surface area contributed by atoms with Gasteiger partial charge in [0.2, 0.25) is 0 Å². The van der Waals surface area contributed by atoms with Crippen LogP contribution in [-0.2, 0) is 4.74 Å². The zero-order valence-corrected chi connectivity index (χ0v) is 12.0. The summed E-state index contributed by atoms with van der Waals surface area (Å²) in [6.45, 7) is 4.28. The molecule has 1 aromatic heterocycles. The third kappa shape index (κ3) is 3.12. The fraction of sp³-hybridized carbons (Fsp3) is 0.286. The second-order valence-corrected chi connectivity index (χ2v) is 5.25. The van der Waals surface area contributed by atoms with Crippen molar-refractivity contribution < 1.29 is 9.53 Å². The molecule has 100 valence electrons. The number of aromatic nitrogens is 1. The van der Waals surface area contributed by atoms with Crippen LogP contribution in [0, 0.1) is 0 Å². The van der Waals surface area contributed by atoms with Gasteiger partial charge in [0, 0.05) is 11.1 Å². The average molecular weight is 276 g/mol. The molecule has 5 heteroatoms. The van der Waals surface area contributed by atoms with Gasteiger partial charge >= 0.3 is 5.97 Å². The van der Waals surface area contributed by atoms with Gasteiger partial charge in [-0.2, -0.15) is 0 Å². The topological polar surface area (TPSA) is 51.2 Å². The molecular formula is C14H16N2O2S. The third-order valence-corrected chi connectivity index (χ3v) is 3.48. The Bertz CT molecular complexity index is 578. The quantitative estimate of drug-likeness (QED) is 0.863. The Morgan fingerprint density at radius 2 is 2.11 bits per heavy atom. The van der Waals surface area contributed by atoms with E-state index in [9.17, 15) is 4.79 Å². The summed E-state index contributed by atoms with van der Waals surface area (Å²) in [7, 11) is 1.35. The summed E-state index contributed by atoms with van der Waals surface area (Å²) >= 11 is 1.39. The average Bonchev–Trinajstić information content (AvgIpc) is 2.86. The minimum Gasteiger partial charge on any atom is -0.464 e. The van der Waals surface area contributed by atoms with Gasteiger partial charge in [-0.25, -0.2) is 9.78 Å². The third-order valence-electron chi connectivity index (χ3n) is 2.72. The molecule has 0 aliphatic carbocycles. The number of nitrogens with one attached hydrogen (secondary N) is 1. The number of anilines is 2. The minimum absolute atomic E-state index is 0.331. The molecule has 0 saturated carbocycles. The van der Waals surface area contributed by atoms with E-state index in [4.69, 9.17) is 0 Å². The number of methoxy groups -OCH3 is 1. The van der Waals surface area contributed by atoms with Crippen molar-refractivity contribution in [2.75, 3.05) is 12.4 Å². The first-order chi connectivity index (χ1) is 9.11. The Hall–Kier alpha value is -1.88. The molecular weight excluding hydrogens is 260 g/mol. The van der Waals surface area contributed by atoms with E-state index in [1.165, 1.54) is 24.0 Å². The Morgan fingerprint density at radius 1 is 1.37 bits per heavy atom. The molecule has 19 heavy (non-hydrogen) atoms. The van der Waals surface area contributed by atoms with Gasteiger partial charge in [0.05, 0.1) is 7.11 Å². The van der Waals surface area contributed by atoms with E-state index in [0.717, 1.165) is 5.69 Å². The van der Waals surface area contributed by atoms with Crippen LogP contribution in [0.2, 0.25) is 0 Å². The maximum absolute atomic E-state index is 11.3. The van der Waals surface area contributed by atoms with E-state index >= 15 is 0 Å². The van der Waals surface area contributed by atoms with Crippen LogP contribution in [0.3, 0.4) is 0 Å². The molecule has 0 radical (unpaired) electrons. The van der Waals surface area contributed by atoms with Gasteiger partial charge in [0.25, 0.3) is 0 Å². The van der Waals surface area contributed by atoms with Crippen LogP contribution in [0.25, 0.3) is 0 Å². The maximum Gasteiger partial charge on any atom is 0.357 e. The Balaban J connectivity index is 2.22. The highest BCUT2D eigenvalue weighted by atomic mass is 32.1. The number of carbonyl (C=O) groups is 1. The summed E-state index contributed by atoms with van der Waals surface area (Å²) in [5.74, 6) is 0.00480. The number of para-hydroxylation sites is 1. The molecule has 0 saturated heterocycles. The molecule has 1 heterocycles. The van der Waals surface area contributed by atoms with Crippen molar-refractivity contribution in [3.8, 4) is 0 Å². The maximum atomic E-state index is 11.3. The molecule has 0 fully saturated rings. The molecule has 0 spiro atoms. The fourth-order valence-corrected chi connectivity index (χ4v) is 2.45. The van der Waals surface area contributed by atoms with E-state index < -0.39 is 5.97 Å². The highest BCUT2D eigenvalue weighted by Crippen LogP contribution is 2.28. The molecule has 0 amide bonds. The fourth-order valence-electron chi connectivity index (χ4n) is 1.76. The number of benzene rings is 1. The lowest BCUT2D eigenvalue weighted by Gasteiger charge is -2.12. The number of ether oxygens (including phenoxy) is 1. The van der Waals surface area contributed by atoms with Crippen molar-refractivity contribution in [3.63, 3.8) is 0 Å². The number of hydrogen-bond donors (Lipinski definition) is 1. The normalized spacial score (nSPS) is 10.5. The van der Waals surface area contributed by atoms with Crippen molar-refractivity contribution in [1.82, 2.24) is 4.98 Å². The van der Waals surface area contributed by atoms with Gasteiger partial charge in [-0.15, -0.1) is 11.3 Å². The van der Waals surface area contributed by atoms with E-state index in [1.807, 2.05) is 18.2 Å². The van der Waals surface area contributed by atoms with Crippen LogP contribution >= 0.6 is 11.3 Å². The monoisotopic (exact) mass is 276 g/mol. The lowest BCUT2D eigenvalue weighted by molar-refractivity contribution is 0.0595. The van der Waals surface area contributed by atoms with E-state index in [0.29, 0.717) is 16.7 Å². The van der Waals surface area contributed by atoms with Gasteiger partial charge in [0.1, 0.15) is 0 Å². The molecule has 0 aliphatic rings. The van der Waals surface area contributed by atoms with Gasteiger partial charge in [-0.05, 0) is 17.5 Å². The summed E-state index contributed by atoms with van der Waals surface area (Å²) in [5.41, 5.74) is 2.57. The number of hydrogen-bond acceptors (Lipinski definition) is 5. The van der Waals surface area contributed by atoms with Crippen LogP contribution in [0.1, 0.15) is 35.8 Å². The zero-order chi connectivity index (χ0) is 13.8. The SMILES string of the molecule is COC(=O)c1csc(Nc2ccccc2C(C)C)n1. The first-order valence-electron chi connectivity index (χ1n) is 6.01. The summed E-state index contributed by atoms with van der Waals surface area (Å²) in [4.78, 5) is 15.6. The largest absolute Gasteiger partial charge is 0.464 e. The van der Waals surface area contributed by atoms with Gasteiger partial charge in [-0.1, -0.05) is 32.0 Å². The summed E-state index contributed by atoms with van der Waals surface area (Å²) < 4.78 is 4.64. The van der Waals surface area contributed by atoms with Crippen molar-refractivity contribution in [1.29, 1.82) is 0 Å². The lowest BCUT2D eigenvalue weighted by Crippen LogP contribution is -2.02. The lowest BCUT2D eigenvalue weighted by atomic mass is 10.0. The number of nitrogens with zero attached hydrogens (tertiary/aromatic N) is 1. The molecule has 1 N–H and O–H groups in total. The van der Waals surface area contributed by atoms with Crippen LogP contribution < -0.4 is 5.32 Å². The van der Waals surface area contributed by atoms with E-state index in [2.05, 4.69) is 35.0 Å². The Labute approximate surface area is 116 Å². The molecule has 1 aromatic carbocycles. The molecule has 2 rings (SSSR count). The van der Waals surface area contributed by atoms with E-state index in [-0.39, 0.29) is 0 Å². The Morgan fingerprint density at radius 3 is 2.79 bits per heavy atom. The molecule has 4 nitrogen and oxygen atoms in total. The number of carbonyl (C=O) groups excluding carboxylic acids is 1. The zero-order valence-electron chi connectivity index (χ0n) is 11.1. The highest BCUT2D eigenvalue weighted by Gasteiger charge is 2.12. The molecule has 2 aromatic rings. The molecule has 0 aliphatic heterocycles. The van der Waals surface area contributed by atoms with Crippen LogP contribution in [0.5, 0.6) is 0 Å². The van der Waals surface area contributed by atoms with Crippen LogP contribution in [0.15, 0.2) is 29.6 Å². The smallest absolute Gasteiger partial charge is 0.357 e. The highest BCUT2D eigenvalue weighted by molar-refractivity contribution is 7.14. The standard InChI is InChI=1S/C14H16N2O2S/c1-9(2)10-6-4-5-7-11(10)15-14-16-12(8-19-14)13(17)18-3/h4-9H,1-3H3,(H,15,16).